The van der Waals surface area contributed by atoms with Gasteiger partial charge in [0.25, 0.3) is 0 Å². The standard InChI is InChI=1S/C18H36O6/c1-2-3-4-5-6-7-8-9-10-11-12-24-16(14-20)18(23)17(22)15(21)13-19/h14-19,21-23H,2-13H2,1H3/t15-,16+,17+,18-/m1/s1. The molecule has 24 heavy (non-hydrogen) atoms. The second-order valence-electron chi connectivity index (χ2n) is 6.38. The van der Waals surface area contributed by atoms with Crippen LogP contribution in [0, 0.1) is 0 Å². The van der Waals surface area contributed by atoms with Crippen LogP contribution in [0.15, 0.2) is 0 Å². The normalized spacial score (nSPS) is 16.5. The summed E-state index contributed by atoms with van der Waals surface area (Å²) in [6.07, 6.45) is 6.45. The van der Waals surface area contributed by atoms with E-state index in [2.05, 4.69) is 6.92 Å². The van der Waals surface area contributed by atoms with Crippen molar-refractivity contribution in [3.05, 3.63) is 0 Å². The zero-order valence-electron chi connectivity index (χ0n) is 15.0. The predicted octanol–water partition coefficient (Wildman–Crippen LogP) is 1.57. The number of rotatable bonds is 17. The fraction of sp³-hybridized carbons (Fsp3) is 0.944. The second kappa shape index (κ2) is 16.0. The Morgan fingerprint density at radius 2 is 1.33 bits per heavy atom. The van der Waals surface area contributed by atoms with E-state index < -0.39 is 31.0 Å². The quantitative estimate of drug-likeness (QED) is 0.235. The van der Waals surface area contributed by atoms with Gasteiger partial charge in [-0.2, -0.15) is 0 Å². The van der Waals surface area contributed by atoms with Crippen LogP contribution in [0.2, 0.25) is 0 Å². The molecule has 0 aromatic rings. The molecular weight excluding hydrogens is 312 g/mol. The summed E-state index contributed by atoms with van der Waals surface area (Å²) in [4.78, 5) is 10.9. The number of carbonyl (C=O) groups excluding carboxylic acids is 1. The molecular formula is C18H36O6. The van der Waals surface area contributed by atoms with E-state index in [4.69, 9.17) is 9.84 Å². The second-order valence-corrected chi connectivity index (χ2v) is 6.38. The van der Waals surface area contributed by atoms with Gasteiger partial charge in [0.1, 0.15) is 24.4 Å². The molecule has 6 nitrogen and oxygen atoms in total. The topological polar surface area (TPSA) is 107 Å². The summed E-state index contributed by atoms with van der Waals surface area (Å²) in [7, 11) is 0. The Morgan fingerprint density at radius 3 is 1.79 bits per heavy atom. The van der Waals surface area contributed by atoms with Crippen LogP contribution >= 0.6 is 0 Å². The molecule has 144 valence electrons. The molecule has 0 amide bonds. The average molecular weight is 348 g/mol. The minimum absolute atomic E-state index is 0.318. The zero-order valence-corrected chi connectivity index (χ0v) is 15.0. The molecule has 4 atom stereocenters. The zero-order chi connectivity index (χ0) is 18.2. The molecule has 0 rings (SSSR count). The molecule has 0 aromatic carbocycles. The highest BCUT2D eigenvalue weighted by molar-refractivity contribution is 5.57. The van der Waals surface area contributed by atoms with Crippen molar-refractivity contribution in [2.45, 2.75) is 95.5 Å². The van der Waals surface area contributed by atoms with Crippen molar-refractivity contribution >= 4 is 6.29 Å². The molecule has 0 bridgehead atoms. The Hall–Kier alpha value is -0.530. The monoisotopic (exact) mass is 348 g/mol. The first-order valence-corrected chi connectivity index (χ1v) is 9.30. The summed E-state index contributed by atoms with van der Waals surface area (Å²) in [6, 6.07) is 0. The van der Waals surface area contributed by atoms with Crippen molar-refractivity contribution in [3.63, 3.8) is 0 Å². The number of aliphatic hydroxyl groups excluding tert-OH is 4. The van der Waals surface area contributed by atoms with Crippen LogP contribution < -0.4 is 0 Å². The minimum atomic E-state index is -1.61. The van der Waals surface area contributed by atoms with Gasteiger partial charge in [0.2, 0.25) is 0 Å². The van der Waals surface area contributed by atoms with Crippen molar-refractivity contribution in [2.24, 2.45) is 0 Å². The molecule has 0 aliphatic heterocycles. The molecule has 0 saturated carbocycles. The number of aliphatic hydroxyl groups is 4. The maximum atomic E-state index is 10.9. The lowest BCUT2D eigenvalue weighted by Gasteiger charge is -2.25. The van der Waals surface area contributed by atoms with Gasteiger partial charge < -0.3 is 30.0 Å². The summed E-state index contributed by atoms with van der Waals surface area (Å²) in [5.41, 5.74) is 0. The van der Waals surface area contributed by atoms with Crippen LogP contribution in [-0.2, 0) is 9.53 Å². The van der Waals surface area contributed by atoms with Crippen LogP contribution in [0.3, 0.4) is 0 Å². The fourth-order valence-corrected chi connectivity index (χ4v) is 2.56. The molecule has 0 aromatic heterocycles. The molecule has 0 aliphatic carbocycles. The molecule has 4 N–H and O–H groups in total. The van der Waals surface area contributed by atoms with E-state index in [9.17, 15) is 20.1 Å². The van der Waals surface area contributed by atoms with Gasteiger partial charge in [-0.1, -0.05) is 64.7 Å². The highest BCUT2D eigenvalue weighted by Crippen LogP contribution is 2.11. The SMILES string of the molecule is CCCCCCCCCCCCO[C@@H](C=O)[C@@H](O)[C@@H](O)[C@H](O)CO. The maximum absolute atomic E-state index is 10.9. The third kappa shape index (κ3) is 11.1. The third-order valence-electron chi connectivity index (χ3n) is 4.21. The lowest BCUT2D eigenvalue weighted by Crippen LogP contribution is -2.47. The first-order valence-electron chi connectivity index (χ1n) is 9.30. The van der Waals surface area contributed by atoms with Gasteiger partial charge in [0.15, 0.2) is 6.29 Å². The first-order chi connectivity index (χ1) is 11.6. The van der Waals surface area contributed by atoms with Gasteiger partial charge in [-0.25, -0.2) is 0 Å². The number of ether oxygens (including phenoxy) is 1. The molecule has 0 radical (unpaired) electrons. The van der Waals surface area contributed by atoms with E-state index in [-0.39, 0.29) is 0 Å². The fourth-order valence-electron chi connectivity index (χ4n) is 2.56. The summed E-state index contributed by atoms with van der Waals surface area (Å²) < 4.78 is 5.27. The van der Waals surface area contributed by atoms with Crippen LogP contribution in [0.25, 0.3) is 0 Å². The maximum Gasteiger partial charge on any atom is 0.151 e. The predicted molar refractivity (Wildman–Crippen MR) is 92.8 cm³/mol. The Labute approximate surface area is 145 Å². The van der Waals surface area contributed by atoms with E-state index in [1.807, 2.05) is 0 Å². The van der Waals surface area contributed by atoms with Crippen molar-refractivity contribution in [1.82, 2.24) is 0 Å². The molecule has 0 unspecified atom stereocenters. The van der Waals surface area contributed by atoms with Crippen molar-refractivity contribution < 1.29 is 30.0 Å². The molecule has 0 heterocycles. The van der Waals surface area contributed by atoms with E-state index in [1.165, 1.54) is 44.9 Å². The molecule has 0 spiro atoms. The summed E-state index contributed by atoms with van der Waals surface area (Å²) in [5.74, 6) is 0. The van der Waals surface area contributed by atoms with E-state index in [0.717, 1.165) is 19.3 Å². The lowest BCUT2D eigenvalue weighted by molar-refractivity contribution is -0.146. The van der Waals surface area contributed by atoms with Gasteiger partial charge in [-0.05, 0) is 6.42 Å². The molecule has 0 fully saturated rings. The molecule has 0 aliphatic rings. The number of carbonyl (C=O) groups is 1. The Morgan fingerprint density at radius 1 is 0.833 bits per heavy atom. The largest absolute Gasteiger partial charge is 0.394 e. The summed E-state index contributed by atoms with van der Waals surface area (Å²) >= 11 is 0. The number of hydrogen-bond acceptors (Lipinski definition) is 6. The summed E-state index contributed by atoms with van der Waals surface area (Å²) in [6.45, 7) is 1.84. The summed E-state index contributed by atoms with van der Waals surface area (Å²) in [5, 5.41) is 37.3. The van der Waals surface area contributed by atoms with Crippen molar-refractivity contribution in [2.75, 3.05) is 13.2 Å². The van der Waals surface area contributed by atoms with Crippen molar-refractivity contribution in [3.8, 4) is 0 Å². The molecule has 6 heteroatoms. The highest BCUT2D eigenvalue weighted by Gasteiger charge is 2.31. The van der Waals surface area contributed by atoms with Gasteiger partial charge in [0, 0.05) is 6.61 Å². The van der Waals surface area contributed by atoms with E-state index in [0.29, 0.717) is 12.9 Å². The van der Waals surface area contributed by atoms with Crippen LogP contribution in [0.5, 0.6) is 0 Å². The van der Waals surface area contributed by atoms with E-state index in [1.54, 1.807) is 0 Å². The Bertz CT molecular complexity index is 287. The minimum Gasteiger partial charge on any atom is -0.394 e. The number of hydrogen-bond donors (Lipinski definition) is 4. The Kier molecular flexibility index (Phi) is 15.6. The van der Waals surface area contributed by atoms with Gasteiger partial charge in [-0.15, -0.1) is 0 Å². The van der Waals surface area contributed by atoms with Crippen molar-refractivity contribution in [1.29, 1.82) is 0 Å². The number of unbranched alkanes of at least 4 members (excludes halogenated alkanes) is 9. The van der Waals surface area contributed by atoms with Gasteiger partial charge >= 0.3 is 0 Å². The highest BCUT2D eigenvalue weighted by atomic mass is 16.5. The lowest BCUT2D eigenvalue weighted by atomic mass is 10.0. The van der Waals surface area contributed by atoms with Gasteiger partial charge in [-0.3, -0.25) is 0 Å². The molecule has 0 saturated heterocycles. The van der Waals surface area contributed by atoms with E-state index >= 15 is 0 Å². The first kappa shape index (κ1) is 23.5. The average Bonchev–Trinajstić information content (AvgIpc) is 2.61. The third-order valence-corrected chi connectivity index (χ3v) is 4.21. The smallest absolute Gasteiger partial charge is 0.151 e. The Balaban J connectivity index is 3.65. The van der Waals surface area contributed by atoms with Gasteiger partial charge in [0.05, 0.1) is 6.61 Å². The van der Waals surface area contributed by atoms with Crippen LogP contribution in [-0.4, -0.2) is 64.3 Å². The van der Waals surface area contributed by atoms with Crippen LogP contribution in [0.4, 0.5) is 0 Å². The van der Waals surface area contributed by atoms with Crippen LogP contribution in [0.1, 0.15) is 71.1 Å². The number of aldehydes is 1.